The number of rotatable bonds is 4. The first kappa shape index (κ1) is 11.1. The van der Waals surface area contributed by atoms with E-state index in [-0.39, 0.29) is 6.61 Å². The predicted octanol–water partition coefficient (Wildman–Crippen LogP) is 2.13. The lowest BCUT2D eigenvalue weighted by Crippen LogP contribution is -2.09. The van der Waals surface area contributed by atoms with Crippen LogP contribution in [-0.4, -0.2) is 21.5 Å². The molecule has 3 heteroatoms. The van der Waals surface area contributed by atoms with Crippen LogP contribution in [0.5, 0.6) is 0 Å². The number of hydrogen-bond acceptors (Lipinski definition) is 2. The number of aliphatic hydroxyl groups excluding tert-OH is 1. The Hall–Kier alpha value is -1.35. The Bertz CT molecular complexity index is 472. The Labute approximate surface area is 95.7 Å². The van der Waals surface area contributed by atoms with Crippen molar-refractivity contribution < 1.29 is 5.11 Å². The van der Waals surface area contributed by atoms with Gasteiger partial charge < -0.3 is 5.11 Å². The van der Waals surface area contributed by atoms with Gasteiger partial charge in [-0.2, -0.15) is 5.10 Å². The number of fused-ring (bicyclic) bond motifs is 1. The Morgan fingerprint density at radius 1 is 1.38 bits per heavy atom. The van der Waals surface area contributed by atoms with Gasteiger partial charge in [0.1, 0.15) is 0 Å². The van der Waals surface area contributed by atoms with E-state index in [4.69, 9.17) is 0 Å². The molecule has 0 amide bonds. The third-order valence-electron chi connectivity index (χ3n) is 3.15. The van der Waals surface area contributed by atoms with Crippen molar-refractivity contribution in [2.45, 2.75) is 19.8 Å². The lowest BCUT2D eigenvalue weighted by Gasteiger charge is -2.08. The molecule has 0 aliphatic rings. The van der Waals surface area contributed by atoms with Gasteiger partial charge in [0.25, 0.3) is 0 Å². The normalized spacial score (nSPS) is 13.2. The maximum Gasteiger partial charge on any atom is 0.0706 e. The molecule has 0 saturated carbocycles. The van der Waals surface area contributed by atoms with Crippen molar-refractivity contribution in [3.8, 4) is 0 Å². The highest BCUT2D eigenvalue weighted by atomic mass is 16.3. The highest BCUT2D eigenvalue weighted by Gasteiger charge is 2.12. The summed E-state index contributed by atoms with van der Waals surface area (Å²) in [5, 5.41) is 15.0. The van der Waals surface area contributed by atoms with Gasteiger partial charge in [0.15, 0.2) is 0 Å². The van der Waals surface area contributed by atoms with Gasteiger partial charge in [-0.15, -0.1) is 0 Å². The summed E-state index contributed by atoms with van der Waals surface area (Å²) in [5.41, 5.74) is 2.25. The first-order valence-electron chi connectivity index (χ1n) is 5.77. The van der Waals surface area contributed by atoms with Crippen molar-refractivity contribution in [3.05, 3.63) is 30.0 Å². The Balaban J connectivity index is 2.37. The van der Waals surface area contributed by atoms with Crippen LogP contribution in [0.4, 0.5) is 0 Å². The van der Waals surface area contributed by atoms with E-state index >= 15 is 0 Å². The number of nitrogens with zero attached hydrogens (tertiary/aromatic N) is 2. The average molecular weight is 218 g/mol. The van der Waals surface area contributed by atoms with Crippen LogP contribution in [0.25, 0.3) is 10.9 Å². The van der Waals surface area contributed by atoms with Crippen LogP contribution in [0.1, 0.15) is 19.0 Å². The van der Waals surface area contributed by atoms with E-state index in [1.807, 2.05) is 23.9 Å². The zero-order chi connectivity index (χ0) is 11.5. The summed E-state index contributed by atoms with van der Waals surface area (Å²) in [6, 6.07) is 8.23. The van der Waals surface area contributed by atoms with Crippen LogP contribution >= 0.6 is 0 Å². The van der Waals surface area contributed by atoms with Gasteiger partial charge in [0.05, 0.1) is 11.2 Å². The molecule has 1 aromatic carbocycles. The molecule has 0 radical (unpaired) electrons. The smallest absolute Gasteiger partial charge is 0.0706 e. The molecule has 0 aliphatic carbocycles. The molecule has 1 atom stereocenters. The summed E-state index contributed by atoms with van der Waals surface area (Å²) in [7, 11) is 1.96. The van der Waals surface area contributed by atoms with E-state index in [1.54, 1.807) is 0 Å². The largest absolute Gasteiger partial charge is 0.396 e. The molecule has 0 fully saturated rings. The summed E-state index contributed by atoms with van der Waals surface area (Å²) in [4.78, 5) is 0. The lowest BCUT2D eigenvalue weighted by molar-refractivity contribution is 0.221. The van der Waals surface area contributed by atoms with E-state index in [2.05, 4.69) is 24.2 Å². The zero-order valence-electron chi connectivity index (χ0n) is 9.85. The van der Waals surface area contributed by atoms with Crippen LogP contribution < -0.4 is 0 Å². The minimum atomic E-state index is 0.238. The van der Waals surface area contributed by atoms with Gasteiger partial charge >= 0.3 is 0 Å². The second-order valence-electron chi connectivity index (χ2n) is 4.25. The van der Waals surface area contributed by atoms with E-state index in [1.165, 1.54) is 5.39 Å². The van der Waals surface area contributed by atoms with Crippen LogP contribution in [0.15, 0.2) is 24.3 Å². The van der Waals surface area contributed by atoms with Gasteiger partial charge in [0, 0.05) is 19.0 Å². The zero-order valence-corrected chi connectivity index (χ0v) is 9.85. The van der Waals surface area contributed by atoms with Crippen molar-refractivity contribution in [3.63, 3.8) is 0 Å². The number of aliphatic hydroxyl groups is 1. The van der Waals surface area contributed by atoms with Crippen LogP contribution in [0.2, 0.25) is 0 Å². The summed E-state index contributed by atoms with van der Waals surface area (Å²) in [6.45, 7) is 2.34. The Morgan fingerprint density at radius 3 is 2.81 bits per heavy atom. The minimum absolute atomic E-state index is 0.238. The van der Waals surface area contributed by atoms with Gasteiger partial charge in [-0.25, -0.2) is 0 Å². The predicted molar refractivity (Wildman–Crippen MR) is 65.3 cm³/mol. The summed E-state index contributed by atoms with van der Waals surface area (Å²) in [5.74, 6) is 0.318. The number of aromatic nitrogens is 2. The van der Waals surface area contributed by atoms with Gasteiger partial charge in [-0.3, -0.25) is 4.68 Å². The second-order valence-corrected chi connectivity index (χ2v) is 4.25. The molecule has 0 bridgehead atoms. The SMILES string of the molecule is CCC(CO)Cc1nn(C)c2ccccc12. The van der Waals surface area contributed by atoms with E-state index in [0.29, 0.717) is 5.92 Å². The molecular formula is C13H18N2O. The molecule has 1 heterocycles. The molecule has 3 nitrogen and oxygen atoms in total. The van der Waals surface area contributed by atoms with Gasteiger partial charge in [0.2, 0.25) is 0 Å². The van der Waals surface area contributed by atoms with Crippen molar-refractivity contribution in [1.82, 2.24) is 9.78 Å². The van der Waals surface area contributed by atoms with Crippen molar-refractivity contribution >= 4 is 10.9 Å². The number of hydrogen-bond donors (Lipinski definition) is 1. The third kappa shape index (κ3) is 1.95. The van der Waals surface area contributed by atoms with Crippen molar-refractivity contribution in [2.75, 3.05) is 6.61 Å². The van der Waals surface area contributed by atoms with Crippen molar-refractivity contribution in [1.29, 1.82) is 0 Å². The first-order chi connectivity index (χ1) is 7.76. The molecule has 2 rings (SSSR count). The molecule has 0 saturated heterocycles. The summed E-state index contributed by atoms with van der Waals surface area (Å²) >= 11 is 0. The second kappa shape index (κ2) is 4.66. The summed E-state index contributed by atoms with van der Waals surface area (Å²) < 4.78 is 1.91. The first-order valence-corrected chi connectivity index (χ1v) is 5.77. The lowest BCUT2D eigenvalue weighted by atomic mass is 10.00. The standard InChI is InChI=1S/C13H18N2O/c1-3-10(9-16)8-12-11-6-4-5-7-13(11)15(2)14-12/h4-7,10,16H,3,8-9H2,1-2H3. The highest BCUT2D eigenvalue weighted by Crippen LogP contribution is 2.21. The molecular weight excluding hydrogens is 200 g/mol. The van der Waals surface area contributed by atoms with Crippen LogP contribution in [0.3, 0.4) is 0 Å². The van der Waals surface area contributed by atoms with E-state index < -0.39 is 0 Å². The van der Waals surface area contributed by atoms with Crippen LogP contribution in [0, 0.1) is 5.92 Å². The quantitative estimate of drug-likeness (QED) is 0.853. The average Bonchev–Trinajstić information content (AvgIpc) is 2.64. The van der Waals surface area contributed by atoms with E-state index in [0.717, 1.165) is 24.1 Å². The Kier molecular flexibility index (Phi) is 3.25. The molecule has 0 spiro atoms. The maximum atomic E-state index is 9.23. The molecule has 86 valence electrons. The minimum Gasteiger partial charge on any atom is -0.396 e. The Morgan fingerprint density at radius 2 is 2.12 bits per heavy atom. The van der Waals surface area contributed by atoms with Gasteiger partial charge in [-0.05, 0) is 18.4 Å². The van der Waals surface area contributed by atoms with Gasteiger partial charge in [-0.1, -0.05) is 31.5 Å². The van der Waals surface area contributed by atoms with E-state index in [9.17, 15) is 5.11 Å². The highest BCUT2D eigenvalue weighted by molar-refractivity contribution is 5.81. The maximum absolute atomic E-state index is 9.23. The summed E-state index contributed by atoms with van der Waals surface area (Å²) in [6.07, 6.45) is 1.84. The number of benzene rings is 1. The molecule has 1 N–H and O–H groups in total. The number of aryl methyl sites for hydroxylation is 1. The topological polar surface area (TPSA) is 38.1 Å². The van der Waals surface area contributed by atoms with Crippen molar-refractivity contribution in [2.24, 2.45) is 13.0 Å². The van der Waals surface area contributed by atoms with Crippen LogP contribution in [-0.2, 0) is 13.5 Å². The fourth-order valence-electron chi connectivity index (χ4n) is 2.05. The molecule has 1 aromatic heterocycles. The molecule has 1 unspecified atom stereocenters. The molecule has 0 aliphatic heterocycles. The molecule has 16 heavy (non-hydrogen) atoms. The molecule has 2 aromatic rings. The third-order valence-corrected chi connectivity index (χ3v) is 3.15. The fraction of sp³-hybridized carbons (Fsp3) is 0.462. The fourth-order valence-corrected chi connectivity index (χ4v) is 2.05. The number of para-hydroxylation sites is 1. The monoisotopic (exact) mass is 218 g/mol.